The molecular formula is C10H20O2S. The molecule has 0 atom stereocenters. The van der Waals surface area contributed by atoms with Crippen molar-refractivity contribution in [2.45, 2.75) is 40.0 Å². The summed E-state index contributed by atoms with van der Waals surface area (Å²) in [7, 11) is 0. The van der Waals surface area contributed by atoms with Crippen LogP contribution < -0.4 is 0 Å². The molecule has 0 radical (unpaired) electrons. The number of hydrogen-bond acceptors (Lipinski definition) is 2. The van der Waals surface area contributed by atoms with E-state index in [4.69, 9.17) is 5.11 Å². The monoisotopic (exact) mass is 204 g/mol. The Kier molecular flexibility index (Phi) is 6.21. The Hall–Kier alpha value is -0.180. The second-order valence-electron chi connectivity index (χ2n) is 3.84. The molecule has 0 spiro atoms. The molecule has 0 saturated carbocycles. The Bertz CT molecular complexity index is 155. The lowest BCUT2D eigenvalue weighted by molar-refractivity contribution is -0.147. The van der Waals surface area contributed by atoms with Gasteiger partial charge in [0.2, 0.25) is 0 Å². The average Bonchev–Trinajstić information content (AvgIpc) is 2.03. The van der Waals surface area contributed by atoms with Gasteiger partial charge in [-0.1, -0.05) is 13.3 Å². The summed E-state index contributed by atoms with van der Waals surface area (Å²) in [4.78, 5) is 10.7. The number of carboxylic acids is 1. The molecule has 0 rings (SSSR count). The van der Waals surface area contributed by atoms with Crippen molar-refractivity contribution in [1.29, 1.82) is 0 Å². The molecule has 0 bridgehead atoms. The molecule has 2 nitrogen and oxygen atoms in total. The topological polar surface area (TPSA) is 37.3 Å². The first-order valence-electron chi connectivity index (χ1n) is 4.82. The summed E-state index contributed by atoms with van der Waals surface area (Å²) in [6.45, 7) is 5.73. The van der Waals surface area contributed by atoms with Crippen molar-refractivity contribution < 1.29 is 9.90 Å². The van der Waals surface area contributed by atoms with Crippen molar-refractivity contribution >= 4 is 17.7 Å². The maximum Gasteiger partial charge on any atom is 0.309 e. The fourth-order valence-corrected chi connectivity index (χ4v) is 1.72. The first kappa shape index (κ1) is 12.8. The highest BCUT2D eigenvalue weighted by Crippen LogP contribution is 2.23. The molecule has 0 fully saturated rings. The molecule has 13 heavy (non-hydrogen) atoms. The molecule has 0 aliphatic rings. The van der Waals surface area contributed by atoms with Crippen molar-refractivity contribution in [3.63, 3.8) is 0 Å². The molecule has 78 valence electrons. The van der Waals surface area contributed by atoms with E-state index in [-0.39, 0.29) is 0 Å². The summed E-state index contributed by atoms with van der Waals surface area (Å²) < 4.78 is 0. The number of carbonyl (C=O) groups is 1. The third-order valence-electron chi connectivity index (χ3n) is 2.12. The maximum absolute atomic E-state index is 10.7. The van der Waals surface area contributed by atoms with Gasteiger partial charge in [0.25, 0.3) is 0 Å². The van der Waals surface area contributed by atoms with E-state index in [1.807, 2.05) is 11.8 Å². The van der Waals surface area contributed by atoms with E-state index in [0.717, 1.165) is 30.8 Å². The van der Waals surface area contributed by atoms with Gasteiger partial charge in [-0.2, -0.15) is 11.8 Å². The zero-order chi connectivity index (χ0) is 10.3. The highest BCUT2D eigenvalue weighted by atomic mass is 32.2. The second-order valence-corrected chi connectivity index (χ2v) is 5.24. The molecule has 0 aromatic carbocycles. The number of unbranched alkanes of at least 4 members (excludes halogenated alkanes) is 1. The Morgan fingerprint density at radius 2 is 2.00 bits per heavy atom. The van der Waals surface area contributed by atoms with Gasteiger partial charge in [-0.25, -0.2) is 0 Å². The van der Waals surface area contributed by atoms with Crippen LogP contribution in [0.2, 0.25) is 0 Å². The average molecular weight is 204 g/mol. The molecular weight excluding hydrogens is 184 g/mol. The molecule has 0 heterocycles. The summed E-state index contributed by atoms with van der Waals surface area (Å²) in [5.74, 6) is 1.63. The molecule has 1 N–H and O–H groups in total. The van der Waals surface area contributed by atoms with E-state index in [1.165, 1.54) is 0 Å². The molecule has 0 saturated heterocycles. The van der Waals surface area contributed by atoms with E-state index in [0.29, 0.717) is 0 Å². The first-order valence-corrected chi connectivity index (χ1v) is 5.97. The fourth-order valence-electron chi connectivity index (χ4n) is 1.02. The zero-order valence-corrected chi connectivity index (χ0v) is 9.62. The largest absolute Gasteiger partial charge is 0.481 e. The van der Waals surface area contributed by atoms with E-state index >= 15 is 0 Å². The van der Waals surface area contributed by atoms with Gasteiger partial charge in [-0.05, 0) is 38.2 Å². The van der Waals surface area contributed by atoms with Gasteiger partial charge in [0.15, 0.2) is 0 Å². The van der Waals surface area contributed by atoms with Crippen molar-refractivity contribution in [1.82, 2.24) is 0 Å². The number of hydrogen-bond donors (Lipinski definition) is 1. The number of carboxylic acid groups (broad SMARTS) is 1. The summed E-state index contributed by atoms with van der Waals surface area (Å²) >= 11 is 1.92. The highest BCUT2D eigenvalue weighted by Gasteiger charge is 2.25. The van der Waals surface area contributed by atoms with Crippen LogP contribution in [0, 0.1) is 5.41 Å². The standard InChI is InChI=1S/C10H20O2S/c1-4-13-8-6-5-7-10(2,3)9(11)12/h4-8H2,1-3H3,(H,11,12). The predicted molar refractivity (Wildman–Crippen MR) is 58.3 cm³/mol. The van der Waals surface area contributed by atoms with Crippen LogP contribution in [0.25, 0.3) is 0 Å². The van der Waals surface area contributed by atoms with Crippen molar-refractivity contribution in [3.05, 3.63) is 0 Å². The predicted octanol–water partition coefficient (Wildman–Crippen LogP) is 3.02. The Balaban J connectivity index is 3.46. The van der Waals surface area contributed by atoms with Gasteiger partial charge in [-0.15, -0.1) is 0 Å². The minimum atomic E-state index is -0.685. The van der Waals surface area contributed by atoms with Crippen molar-refractivity contribution in [3.8, 4) is 0 Å². The van der Waals surface area contributed by atoms with Crippen LogP contribution in [0.15, 0.2) is 0 Å². The third-order valence-corrected chi connectivity index (χ3v) is 3.11. The molecule has 0 aliphatic carbocycles. The number of rotatable bonds is 7. The van der Waals surface area contributed by atoms with E-state index < -0.39 is 11.4 Å². The quantitative estimate of drug-likeness (QED) is 0.648. The van der Waals surface area contributed by atoms with E-state index in [2.05, 4.69) is 6.92 Å². The van der Waals surface area contributed by atoms with Crippen molar-refractivity contribution in [2.24, 2.45) is 5.41 Å². The van der Waals surface area contributed by atoms with Gasteiger partial charge in [0.1, 0.15) is 0 Å². The van der Waals surface area contributed by atoms with E-state index in [9.17, 15) is 4.79 Å². The minimum Gasteiger partial charge on any atom is -0.481 e. The van der Waals surface area contributed by atoms with Crippen LogP contribution in [0.5, 0.6) is 0 Å². The SMILES string of the molecule is CCSCCCCC(C)(C)C(=O)O. The normalized spacial score (nSPS) is 11.6. The molecule has 0 aromatic rings. The lowest BCUT2D eigenvalue weighted by Crippen LogP contribution is -2.23. The third kappa shape index (κ3) is 5.97. The summed E-state index contributed by atoms with van der Waals surface area (Å²) in [6, 6.07) is 0. The summed E-state index contributed by atoms with van der Waals surface area (Å²) in [6.07, 6.45) is 2.94. The lowest BCUT2D eigenvalue weighted by atomic mass is 9.88. The van der Waals surface area contributed by atoms with Gasteiger partial charge < -0.3 is 5.11 Å². The molecule has 0 amide bonds. The van der Waals surface area contributed by atoms with Crippen LogP contribution in [0.4, 0.5) is 0 Å². The smallest absolute Gasteiger partial charge is 0.309 e. The van der Waals surface area contributed by atoms with Gasteiger partial charge in [-0.3, -0.25) is 4.79 Å². The summed E-state index contributed by atoms with van der Waals surface area (Å²) in [5.41, 5.74) is -0.545. The van der Waals surface area contributed by atoms with Crippen LogP contribution >= 0.6 is 11.8 Å². The van der Waals surface area contributed by atoms with Crippen molar-refractivity contribution in [2.75, 3.05) is 11.5 Å². The van der Waals surface area contributed by atoms with Crippen LogP contribution in [-0.2, 0) is 4.79 Å². The minimum absolute atomic E-state index is 0.545. The zero-order valence-electron chi connectivity index (χ0n) is 8.80. The van der Waals surface area contributed by atoms with Crippen LogP contribution in [-0.4, -0.2) is 22.6 Å². The number of aliphatic carboxylic acids is 1. The summed E-state index contributed by atoms with van der Waals surface area (Å²) in [5, 5.41) is 8.84. The van der Waals surface area contributed by atoms with Crippen LogP contribution in [0.1, 0.15) is 40.0 Å². The molecule has 0 unspecified atom stereocenters. The highest BCUT2D eigenvalue weighted by molar-refractivity contribution is 7.99. The van der Waals surface area contributed by atoms with E-state index in [1.54, 1.807) is 13.8 Å². The molecule has 0 aliphatic heterocycles. The van der Waals surface area contributed by atoms with Gasteiger partial charge in [0, 0.05) is 0 Å². The Labute approximate surface area is 85.1 Å². The van der Waals surface area contributed by atoms with Crippen LogP contribution in [0.3, 0.4) is 0 Å². The fraction of sp³-hybridized carbons (Fsp3) is 0.900. The maximum atomic E-state index is 10.7. The Morgan fingerprint density at radius 1 is 1.38 bits per heavy atom. The second kappa shape index (κ2) is 6.30. The first-order chi connectivity index (χ1) is 6.00. The van der Waals surface area contributed by atoms with Gasteiger partial charge >= 0.3 is 5.97 Å². The Morgan fingerprint density at radius 3 is 2.46 bits per heavy atom. The van der Waals surface area contributed by atoms with Gasteiger partial charge in [0.05, 0.1) is 5.41 Å². The lowest BCUT2D eigenvalue weighted by Gasteiger charge is -2.18. The number of thioether (sulfide) groups is 1. The molecule has 0 aromatic heterocycles. The molecule has 3 heteroatoms.